The van der Waals surface area contributed by atoms with Gasteiger partial charge >= 0.3 is 0 Å². The van der Waals surface area contributed by atoms with Crippen LogP contribution in [0.1, 0.15) is 31.7 Å². The smallest absolute Gasteiger partial charge is 0.147 e. The van der Waals surface area contributed by atoms with Gasteiger partial charge in [0.05, 0.1) is 11.4 Å². The average molecular weight is 222 g/mol. The third-order valence-corrected chi connectivity index (χ3v) is 2.38. The van der Waals surface area contributed by atoms with Crippen LogP contribution in [-0.4, -0.2) is 22.6 Å². The summed E-state index contributed by atoms with van der Waals surface area (Å²) in [7, 11) is 0. The maximum atomic E-state index is 6.00. The lowest BCUT2D eigenvalue weighted by Gasteiger charge is -2.16. The Morgan fingerprint density at radius 3 is 2.69 bits per heavy atom. The van der Waals surface area contributed by atoms with Crippen LogP contribution in [0.2, 0.25) is 0 Å². The molecule has 0 aliphatic heterocycles. The van der Waals surface area contributed by atoms with Gasteiger partial charge in [0.15, 0.2) is 0 Å². The molecule has 0 saturated carbocycles. The van der Waals surface area contributed by atoms with E-state index in [4.69, 9.17) is 5.73 Å². The molecule has 1 aromatic heterocycles. The first kappa shape index (κ1) is 12.9. The molecule has 1 aromatic rings. The third-order valence-electron chi connectivity index (χ3n) is 2.38. The molecule has 0 fully saturated rings. The van der Waals surface area contributed by atoms with Gasteiger partial charge in [-0.05, 0) is 26.2 Å². The minimum Gasteiger partial charge on any atom is -0.367 e. The molecule has 0 amide bonds. The molecule has 1 unspecified atom stereocenters. The Hall–Kier alpha value is -1.16. The second kappa shape index (κ2) is 5.80. The van der Waals surface area contributed by atoms with Gasteiger partial charge in [-0.15, -0.1) is 0 Å². The molecule has 4 heteroatoms. The van der Waals surface area contributed by atoms with Crippen LogP contribution in [0.3, 0.4) is 0 Å². The summed E-state index contributed by atoms with van der Waals surface area (Å²) < 4.78 is 0. The van der Waals surface area contributed by atoms with E-state index in [1.165, 1.54) is 0 Å². The molecule has 1 atom stereocenters. The number of anilines is 1. The lowest BCUT2D eigenvalue weighted by molar-refractivity contribution is 0.508. The van der Waals surface area contributed by atoms with E-state index in [-0.39, 0.29) is 6.04 Å². The number of nitrogens with two attached hydrogens (primary N) is 1. The van der Waals surface area contributed by atoms with Gasteiger partial charge in [-0.2, -0.15) is 0 Å². The van der Waals surface area contributed by atoms with Crippen molar-refractivity contribution in [2.75, 3.05) is 11.9 Å². The molecule has 0 saturated heterocycles. The van der Waals surface area contributed by atoms with Gasteiger partial charge in [-0.1, -0.05) is 13.8 Å². The van der Waals surface area contributed by atoms with Crippen LogP contribution < -0.4 is 11.1 Å². The van der Waals surface area contributed by atoms with Gasteiger partial charge in [0.2, 0.25) is 0 Å². The first-order valence-electron chi connectivity index (χ1n) is 5.78. The lowest BCUT2D eigenvalue weighted by Crippen LogP contribution is -2.31. The summed E-state index contributed by atoms with van der Waals surface area (Å²) in [6.45, 7) is 8.99. The normalized spacial score (nSPS) is 12.9. The molecule has 0 aliphatic carbocycles. The Morgan fingerprint density at radius 1 is 1.38 bits per heavy atom. The number of nitrogens with zero attached hydrogens (tertiary/aromatic N) is 2. The van der Waals surface area contributed by atoms with Crippen LogP contribution >= 0.6 is 0 Å². The van der Waals surface area contributed by atoms with Crippen LogP contribution in [0.4, 0.5) is 5.82 Å². The zero-order chi connectivity index (χ0) is 12.1. The highest BCUT2D eigenvalue weighted by Gasteiger charge is 2.07. The maximum Gasteiger partial charge on any atom is 0.147 e. The lowest BCUT2D eigenvalue weighted by atomic mass is 10.0. The van der Waals surface area contributed by atoms with Crippen LogP contribution in [0.15, 0.2) is 6.20 Å². The number of aryl methyl sites for hydroxylation is 2. The van der Waals surface area contributed by atoms with E-state index in [2.05, 4.69) is 29.1 Å². The van der Waals surface area contributed by atoms with Crippen molar-refractivity contribution >= 4 is 5.82 Å². The molecule has 90 valence electrons. The molecule has 0 radical (unpaired) electrons. The fourth-order valence-corrected chi connectivity index (χ4v) is 1.62. The molecule has 0 aromatic carbocycles. The van der Waals surface area contributed by atoms with Crippen LogP contribution in [0.25, 0.3) is 0 Å². The summed E-state index contributed by atoms with van der Waals surface area (Å²) in [5.74, 6) is 1.47. The summed E-state index contributed by atoms with van der Waals surface area (Å²) in [6.07, 6.45) is 2.79. The summed E-state index contributed by atoms with van der Waals surface area (Å²) >= 11 is 0. The van der Waals surface area contributed by atoms with Gasteiger partial charge < -0.3 is 11.1 Å². The first-order chi connectivity index (χ1) is 7.49. The number of aromatic nitrogens is 2. The van der Waals surface area contributed by atoms with E-state index in [0.29, 0.717) is 5.92 Å². The van der Waals surface area contributed by atoms with E-state index in [0.717, 1.165) is 30.2 Å². The summed E-state index contributed by atoms with van der Waals surface area (Å²) in [4.78, 5) is 8.65. The fourth-order valence-electron chi connectivity index (χ4n) is 1.62. The molecule has 1 rings (SSSR count). The molecule has 0 spiro atoms. The zero-order valence-electron chi connectivity index (χ0n) is 10.6. The van der Waals surface area contributed by atoms with Crippen LogP contribution in [0.5, 0.6) is 0 Å². The van der Waals surface area contributed by atoms with Crippen LogP contribution in [-0.2, 0) is 0 Å². The molecule has 0 bridgehead atoms. The van der Waals surface area contributed by atoms with Crippen molar-refractivity contribution in [3.05, 3.63) is 17.6 Å². The van der Waals surface area contributed by atoms with Crippen molar-refractivity contribution in [1.29, 1.82) is 0 Å². The van der Waals surface area contributed by atoms with E-state index in [1.54, 1.807) is 6.20 Å². The van der Waals surface area contributed by atoms with Gasteiger partial charge in [0.25, 0.3) is 0 Å². The van der Waals surface area contributed by atoms with E-state index in [9.17, 15) is 0 Å². The molecule has 0 aliphatic rings. The Balaban J connectivity index is 2.51. The SMILES string of the molecule is Cc1cnc(C)c(NCC(N)CC(C)C)n1. The quantitative estimate of drug-likeness (QED) is 0.798. The number of nitrogens with one attached hydrogen (secondary N) is 1. The van der Waals surface area contributed by atoms with E-state index < -0.39 is 0 Å². The number of hydrogen-bond acceptors (Lipinski definition) is 4. The fraction of sp³-hybridized carbons (Fsp3) is 0.667. The highest BCUT2D eigenvalue weighted by atomic mass is 15.0. The average Bonchev–Trinajstić information content (AvgIpc) is 2.18. The first-order valence-corrected chi connectivity index (χ1v) is 5.78. The molecule has 1 heterocycles. The van der Waals surface area contributed by atoms with Crippen molar-refractivity contribution in [1.82, 2.24) is 9.97 Å². The highest BCUT2D eigenvalue weighted by molar-refractivity contribution is 5.39. The topological polar surface area (TPSA) is 63.8 Å². The summed E-state index contributed by atoms with van der Waals surface area (Å²) in [5.41, 5.74) is 7.84. The van der Waals surface area contributed by atoms with Crippen molar-refractivity contribution in [3.63, 3.8) is 0 Å². The minimum atomic E-state index is 0.168. The molecular weight excluding hydrogens is 200 g/mol. The molecule has 4 nitrogen and oxygen atoms in total. The predicted octanol–water partition coefficient (Wildman–Crippen LogP) is 1.88. The third kappa shape index (κ3) is 4.14. The Morgan fingerprint density at radius 2 is 2.06 bits per heavy atom. The summed E-state index contributed by atoms with van der Waals surface area (Å²) in [6, 6.07) is 0.168. The largest absolute Gasteiger partial charge is 0.367 e. The molecule has 3 N–H and O–H groups in total. The van der Waals surface area contributed by atoms with Crippen molar-refractivity contribution in [2.45, 2.75) is 40.2 Å². The number of rotatable bonds is 5. The van der Waals surface area contributed by atoms with E-state index in [1.807, 2.05) is 13.8 Å². The van der Waals surface area contributed by atoms with Crippen molar-refractivity contribution in [2.24, 2.45) is 11.7 Å². The predicted molar refractivity (Wildman–Crippen MR) is 67.4 cm³/mol. The van der Waals surface area contributed by atoms with Gasteiger partial charge in [0, 0.05) is 18.8 Å². The van der Waals surface area contributed by atoms with Gasteiger partial charge in [-0.25, -0.2) is 4.98 Å². The Labute approximate surface area is 97.7 Å². The zero-order valence-corrected chi connectivity index (χ0v) is 10.6. The Kier molecular flexibility index (Phi) is 4.68. The van der Waals surface area contributed by atoms with Gasteiger partial charge in [0.1, 0.15) is 5.82 Å². The molecule has 16 heavy (non-hydrogen) atoms. The Bertz CT molecular complexity index is 336. The van der Waals surface area contributed by atoms with Crippen molar-refractivity contribution in [3.8, 4) is 0 Å². The minimum absolute atomic E-state index is 0.168. The van der Waals surface area contributed by atoms with Crippen molar-refractivity contribution < 1.29 is 0 Å². The number of hydrogen-bond donors (Lipinski definition) is 2. The van der Waals surface area contributed by atoms with Gasteiger partial charge in [-0.3, -0.25) is 4.98 Å². The monoisotopic (exact) mass is 222 g/mol. The summed E-state index contributed by atoms with van der Waals surface area (Å²) in [5, 5.41) is 3.26. The standard InChI is InChI=1S/C12H22N4/c1-8(2)5-11(13)7-15-12-10(4)14-6-9(3)16-12/h6,8,11H,5,7,13H2,1-4H3,(H,15,16). The second-order valence-electron chi connectivity index (χ2n) is 4.72. The van der Waals surface area contributed by atoms with Crippen LogP contribution in [0, 0.1) is 19.8 Å². The maximum absolute atomic E-state index is 6.00. The highest BCUT2D eigenvalue weighted by Crippen LogP contribution is 2.09. The molecular formula is C12H22N4. The second-order valence-corrected chi connectivity index (χ2v) is 4.72. The van der Waals surface area contributed by atoms with E-state index >= 15 is 0 Å².